The minimum absolute atomic E-state index is 1.03. The summed E-state index contributed by atoms with van der Waals surface area (Å²) >= 11 is 0. The summed E-state index contributed by atoms with van der Waals surface area (Å²) in [6, 6.07) is 32.5. The van der Waals surface area contributed by atoms with E-state index >= 15 is 0 Å². The van der Waals surface area contributed by atoms with Crippen LogP contribution in [0, 0.1) is 0 Å². The van der Waals surface area contributed by atoms with E-state index in [2.05, 4.69) is 116 Å². The average Bonchev–Trinajstić information content (AvgIpc) is 2.74. The molecule has 0 aromatic heterocycles. The van der Waals surface area contributed by atoms with Gasteiger partial charge in [0.1, 0.15) is 0 Å². The molecule has 0 aliphatic carbocycles. The van der Waals surface area contributed by atoms with Crippen LogP contribution in [0.1, 0.15) is 6.92 Å². The Labute approximate surface area is 163 Å². The van der Waals surface area contributed by atoms with Crippen LogP contribution in [0.2, 0.25) is 0 Å². The SMILES string of the molecule is C=C(C=P(c1ccccc1)(c1ccccc1)c1ccccc1)/C=C\C=C/C. The average molecular weight is 368 g/mol. The van der Waals surface area contributed by atoms with Crippen LogP contribution in [-0.4, -0.2) is 5.80 Å². The number of rotatable bonds is 6. The first-order valence-electron chi connectivity index (χ1n) is 9.17. The third kappa shape index (κ3) is 4.30. The molecule has 0 nitrogen and oxygen atoms in total. The fraction of sp³-hybridized carbons (Fsp3) is 0.0385. The van der Waals surface area contributed by atoms with Gasteiger partial charge in [0.05, 0.1) is 0 Å². The first-order chi connectivity index (χ1) is 13.3. The first kappa shape index (κ1) is 19.0. The molecular formula is C26H25P. The molecule has 0 radical (unpaired) electrons. The van der Waals surface area contributed by atoms with Gasteiger partial charge < -0.3 is 0 Å². The summed E-state index contributed by atoms with van der Waals surface area (Å²) < 4.78 is 0. The molecule has 0 aliphatic heterocycles. The van der Waals surface area contributed by atoms with Gasteiger partial charge in [0.15, 0.2) is 0 Å². The van der Waals surface area contributed by atoms with Crippen molar-refractivity contribution in [2.45, 2.75) is 6.92 Å². The van der Waals surface area contributed by atoms with Crippen LogP contribution in [0.5, 0.6) is 0 Å². The van der Waals surface area contributed by atoms with Crippen LogP contribution in [0.25, 0.3) is 0 Å². The Hall–Kier alpha value is -2.82. The van der Waals surface area contributed by atoms with Gasteiger partial charge in [-0.05, 0) is 41.1 Å². The molecule has 0 atom stereocenters. The lowest BCUT2D eigenvalue weighted by molar-refractivity contribution is 1.72. The predicted octanol–water partition coefficient (Wildman–Crippen LogP) is 5.47. The van der Waals surface area contributed by atoms with Gasteiger partial charge in [-0.2, -0.15) is 0 Å². The highest BCUT2D eigenvalue weighted by atomic mass is 31.2. The van der Waals surface area contributed by atoms with Crippen molar-refractivity contribution in [1.29, 1.82) is 0 Å². The summed E-state index contributed by atoms with van der Waals surface area (Å²) in [4.78, 5) is 0. The molecular weight excluding hydrogens is 343 g/mol. The summed E-state index contributed by atoms with van der Waals surface area (Å²) in [5.41, 5.74) is 1.03. The molecule has 27 heavy (non-hydrogen) atoms. The van der Waals surface area contributed by atoms with E-state index < -0.39 is 6.89 Å². The molecule has 1 heteroatoms. The topological polar surface area (TPSA) is 0 Å². The monoisotopic (exact) mass is 368 g/mol. The summed E-state index contributed by atoms with van der Waals surface area (Å²) in [5, 5.41) is 4.01. The van der Waals surface area contributed by atoms with Crippen molar-refractivity contribution in [3.05, 3.63) is 127 Å². The Morgan fingerprint density at radius 1 is 0.667 bits per heavy atom. The predicted molar refractivity (Wildman–Crippen MR) is 124 cm³/mol. The van der Waals surface area contributed by atoms with Crippen LogP contribution in [0.4, 0.5) is 0 Å². The fourth-order valence-corrected chi connectivity index (χ4v) is 7.09. The third-order valence-electron chi connectivity index (χ3n) is 4.46. The normalized spacial score (nSPS) is 11.7. The number of allylic oxidation sites excluding steroid dienone is 5. The quantitative estimate of drug-likeness (QED) is 0.400. The van der Waals surface area contributed by atoms with Gasteiger partial charge in [-0.25, -0.2) is 0 Å². The molecule has 3 aromatic carbocycles. The van der Waals surface area contributed by atoms with Gasteiger partial charge in [-0.15, -0.1) is 0 Å². The Kier molecular flexibility index (Phi) is 6.47. The van der Waals surface area contributed by atoms with Gasteiger partial charge in [-0.3, -0.25) is 0 Å². The van der Waals surface area contributed by atoms with Crippen molar-refractivity contribution in [3.8, 4) is 0 Å². The second-order valence-electron chi connectivity index (χ2n) is 6.32. The van der Waals surface area contributed by atoms with Crippen LogP contribution < -0.4 is 15.9 Å². The Morgan fingerprint density at radius 3 is 1.44 bits per heavy atom. The fourth-order valence-electron chi connectivity index (χ4n) is 3.24. The molecule has 0 unspecified atom stereocenters. The lowest BCUT2D eigenvalue weighted by atomic mass is 10.3. The van der Waals surface area contributed by atoms with Crippen molar-refractivity contribution in [3.63, 3.8) is 0 Å². The van der Waals surface area contributed by atoms with Gasteiger partial charge in [0.2, 0.25) is 0 Å². The zero-order valence-electron chi connectivity index (χ0n) is 15.7. The van der Waals surface area contributed by atoms with E-state index in [0.29, 0.717) is 0 Å². The zero-order chi connectivity index (χ0) is 19.0. The first-order valence-corrected chi connectivity index (χ1v) is 11.0. The lowest BCUT2D eigenvalue weighted by Crippen LogP contribution is -2.27. The van der Waals surface area contributed by atoms with E-state index in [1.807, 2.05) is 19.1 Å². The molecule has 0 fully saturated rings. The molecule has 0 saturated carbocycles. The summed E-state index contributed by atoms with van der Waals surface area (Å²) in [5.74, 6) is 2.38. The second-order valence-corrected chi connectivity index (χ2v) is 9.57. The molecule has 3 rings (SSSR count). The van der Waals surface area contributed by atoms with Crippen LogP contribution in [0.3, 0.4) is 0 Å². The molecule has 0 aliphatic rings. The van der Waals surface area contributed by atoms with Gasteiger partial charge in [0.25, 0.3) is 0 Å². The minimum Gasteiger partial charge on any atom is -0.0917 e. The van der Waals surface area contributed by atoms with Crippen molar-refractivity contribution in [1.82, 2.24) is 0 Å². The van der Waals surface area contributed by atoms with E-state index in [4.69, 9.17) is 0 Å². The Morgan fingerprint density at radius 2 is 1.07 bits per heavy atom. The molecule has 0 N–H and O–H groups in total. The van der Waals surface area contributed by atoms with E-state index in [1.165, 1.54) is 15.9 Å². The van der Waals surface area contributed by atoms with Gasteiger partial charge in [-0.1, -0.05) is 122 Å². The van der Waals surface area contributed by atoms with Crippen molar-refractivity contribution in [2.24, 2.45) is 0 Å². The van der Waals surface area contributed by atoms with Gasteiger partial charge >= 0.3 is 0 Å². The van der Waals surface area contributed by atoms with Crippen molar-refractivity contribution in [2.75, 3.05) is 0 Å². The molecule has 0 bridgehead atoms. The zero-order valence-corrected chi connectivity index (χ0v) is 16.6. The van der Waals surface area contributed by atoms with Crippen molar-refractivity contribution < 1.29 is 0 Å². The maximum atomic E-state index is 4.34. The summed E-state index contributed by atoms with van der Waals surface area (Å²) in [6.45, 7) is 4.40. The molecule has 0 spiro atoms. The standard InChI is InChI=1S/C26H25P/c1-3-4-8-15-23(2)22-27(24-16-9-5-10-17-24,25-18-11-6-12-19-25)26-20-13-7-14-21-26/h3-22H,2H2,1H3/b4-3-,15-8-. The maximum Gasteiger partial charge on any atom is -0.0160 e. The Balaban J connectivity index is 2.35. The molecule has 3 aromatic rings. The highest BCUT2D eigenvalue weighted by Crippen LogP contribution is 2.44. The van der Waals surface area contributed by atoms with Crippen LogP contribution >= 0.6 is 6.89 Å². The van der Waals surface area contributed by atoms with Crippen LogP contribution in [-0.2, 0) is 0 Å². The molecule has 134 valence electrons. The molecule has 0 heterocycles. The largest absolute Gasteiger partial charge is 0.0917 e. The number of hydrogen-bond acceptors (Lipinski definition) is 0. The third-order valence-corrected chi connectivity index (χ3v) is 8.52. The highest BCUT2D eigenvalue weighted by molar-refractivity contribution is 7.94. The highest BCUT2D eigenvalue weighted by Gasteiger charge is 2.24. The second kappa shape index (κ2) is 9.21. The molecule has 0 saturated heterocycles. The number of benzene rings is 3. The minimum atomic E-state index is -1.96. The smallest absolute Gasteiger partial charge is 0.0160 e. The van der Waals surface area contributed by atoms with E-state index in [0.717, 1.165) is 5.57 Å². The molecule has 0 amide bonds. The van der Waals surface area contributed by atoms with Crippen molar-refractivity contribution >= 4 is 28.6 Å². The summed E-state index contributed by atoms with van der Waals surface area (Å²) in [6.07, 6.45) is 8.20. The number of hydrogen-bond donors (Lipinski definition) is 0. The summed E-state index contributed by atoms with van der Waals surface area (Å²) in [7, 11) is 0. The van der Waals surface area contributed by atoms with Gasteiger partial charge in [0, 0.05) is 0 Å². The maximum absolute atomic E-state index is 4.34. The van der Waals surface area contributed by atoms with E-state index in [-0.39, 0.29) is 0 Å². The van der Waals surface area contributed by atoms with Crippen LogP contribution in [0.15, 0.2) is 127 Å². The van der Waals surface area contributed by atoms with E-state index in [1.54, 1.807) is 0 Å². The Bertz CT molecular complexity index is 875. The lowest BCUT2D eigenvalue weighted by Gasteiger charge is -2.29. The van der Waals surface area contributed by atoms with E-state index in [9.17, 15) is 0 Å².